The number of rotatable bonds is 7. The number of hydrogen-bond donors (Lipinski definition) is 1. The summed E-state index contributed by atoms with van der Waals surface area (Å²) < 4.78 is 49.0. The fourth-order valence-electron chi connectivity index (χ4n) is 4.80. The van der Waals surface area contributed by atoms with Crippen LogP contribution in [0.4, 0.5) is 20.3 Å². The minimum Gasteiger partial charge on any atom is -0.493 e. The molecule has 1 aliphatic rings. The second-order valence-corrected chi connectivity index (χ2v) is 9.74. The van der Waals surface area contributed by atoms with Crippen molar-refractivity contribution in [3.63, 3.8) is 0 Å². The van der Waals surface area contributed by atoms with Gasteiger partial charge in [0.25, 0.3) is 5.92 Å². The van der Waals surface area contributed by atoms with Gasteiger partial charge in [-0.15, -0.1) is 0 Å². The summed E-state index contributed by atoms with van der Waals surface area (Å²) in [6, 6.07) is 10.8. The van der Waals surface area contributed by atoms with E-state index in [1.54, 1.807) is 53.3 Å². The van der Waals surface area contributed by atoms with Crippen LogP contribution < -0.4 is 19.5 Å². The van der Waals surface area contributed by atoms with Crippen LogP contribution in [0.1, 0.15) is 12.0 Å². The van der Waals surface area contributed by atoms with Gasteiger partial charge in [-0.3, -0.25) is 0 Å². The summed E-state index contributed by atoms with van der Waals surface area (Å²) in [5.41, 5.74) is 2.82. The van der Waals surface area contributed by atoms with E-state index in [4.69, 9.17) is 14.2 Å². The molecule has 2 aromatic carbocycles. The van der Waals surface area contributed by atoms with Crippen molar-refractivity contribution in [2.45, 2.75) is 25.4 Å². The third kappa shape index (κ3) is 4.93. The Kier molecular flexibility index (Phi) is 6.54. The number of aryl methyl sites for hydroxylation is 1. The zero-order valence-corrected chi connectivity index (χ0v) is 22.1. The van der Waals surface area contributed by atoms with E-state index in [0.717, 1.165) is 11.2 Å². The maximum absolute atomic E-state index is 14.9. The summed E-state index contributed by atoms with van der Waals surface area (Å²) in [6.07, 6.45) is 5.32. The third-order valence-electron chi connectivity index (χ3n) is 6.81. The Morgan fingerprint density at radius 2 is 1.93 bits per heavy atom. The Bertz CT molecular complexity index is 1690. The first kappa shape index (κ1) is 25.7. The Morgan fingerprint density at radius 1 is 1.07 bits per heavy atom. The molecule has 40 heavy (non-hydrogen) atoms. The van der Waals surface area contributed by atoms with Crippen LogP contribution in [0, 0.1) is 6.92 Å². The number of aromatic nitrogens is 5. The van der Waals surface area contributed by atoms with Crippen LogP contribution in [-0.4, -0.2) is 68.7 Å². The third-order valence-corrected chi connectivity index (χ3v) is 6.81. The highest BCUT2D eigenvalue weighted by molar-refractivity contribution is 5.97. The monoisotopic (exact) mass is 547 g/mol. The average molecular weight is 548 g/mol. The molecule has 0 saturated carbocycles. The zero-order chi connectivity index (χ0) is 27.9. The molecule has 1 aliphatic heterocycles. The molecule has 6 rings (SSSR count). The minimum absolute atomic E-state index is 0.170. The number of piperidine rings is 1. The van der Waals surface area contributed by atoms with Crippen LogP contribution >= 0.6 is 0 Å². The predicted octanol–water partition coefficient (Wildman–Crippen LogP) is 5.24. The van der Waals surface area contributed by atoms with Crippen molar-refractivity contribution in [1.29, 1.82) is 0 Å². The van der Waals surface area contributed by atoms with E-state index in [0.29, 0.717) is 46.2 Å². The van der Waals surface area contributed by atoms with Crippen molar-refractivity contribution in [2.75, 3.05) is 32.6 Å². The van der Waals surface area contributed by atoms with Crippen molar-refractivity contribution in [3.05, 3.63) is 66.9 Å². The smallest absolute Gasteiger partial charge is 0.296 e. The van der Waals surface area contributed by atoms with Crippen molar-refractivity contribution >= 4 is 28.1 Å². The largest absolute Gasteiger partial charge is 0.493 e. The van der Waals surface area contributed by atoms with Crippen molar-refractivity contribution in [1.82, 2.24) is 29.5 Å². The zero-order valence-electron chi connectivity index (χ0n) is 22.1. The molecule has 4 heterocycles. The molecule has 12 heteroatoms. The van der Waals surface area contributed by atoms with E-state index in [1.807, 2.05) is 25.1 Å². The first-order valence-corrected chi connectivity index (χ1v) is 12.7. The van der Waals surface area contributed by atoms with Gasteiger partial charge in [-0.25, -0.2) is 28.2 Å². The number of benzene rings is 2. The van der Waals surface area contributed by atoms with Crippen LogP contribution in [0.3, 0.4) is 0 Å². The minimum atomic E-state index is -3.03. The van der Waals surface area contributed by atoms with Crippen molar-refractivity contribution < 1.29 is 23.0 Å². The molecule has 1 saturated heterocycles. The Hall–Kier alpha value is -4.58. The van der Waals surface area contributed by atoms with E-state index in [9.17, 15) is 8.78 Å². The van der Waals surface area contributed by atoms with Gasteiger partial charge in [0.2, 0.25) is 0 Å². The summed E-state index contributed by atoms with van der Waals surface area (Å²) in [4.78, 5) is 14.7. The molecular weight excluding hydrogens is 520 g/mol. The lowest BCUT2D eigenvalue weighted by Gasteiger charge is -2.36. The molecule has 0 aliphatic carbocycles. The fraction of sp³-hybridized carbons (Fsp3) is 0.286. The quantitative estimate of drug-likeness (QED) is 0.293. The molecule has 10 nitrogen and oxygen atoms in total. The van der Waals surface area contributed by atoms with Gasteiger partial charge in [0.1, 0.15) is 17.9 Å². The second kappa shape index (κ2) is 10.2. The highest BCUT2D eigenvalue weighted by atomic mass is 19.3. The molecule has 1 fully saturated rings. The SMILES string of the molecule is COc1ccc2ncnc(Nc3ccc(Oc4cnc5ccnn5c4)c(C)c3)c2c1O[C@@H]1CCN(C)CC1(F)F. The molecule has 0 unspecified atom stereocenters. The number of hydrogen-bond acceptors (Lipinski definition) is 9. The summed E-state index contributed by atoms with van der Waals surface area (Å²) in [5.74, 6) is -0.953. The topological polar surface area (TPSA) is 98.9 Å². The van der Waals surface area contributed by atoms with Crippen LogP contribution in [0.5, 0.6) is 23.0 Å². The highest BCUT2D eigenvalue weighted by Crippen LogP contribution is 2.42. The lowest BCUT2D eigenvalue weighted by molar-refractivity contribution is -0.135. The van der Waals surface area contributed by atoms with Crippen LogP contribution in [0.25, 0.3) is 16.6 Å². The van der Waals surface area contributed by atoms with Gasteiger partial charge in [-0.1, -0.05) is 0 Å². The van der Waals surface area contributed by atoms with Gasteiger partial charge >= 0.3 is 0 Å². The first-order valence-electron chi connectivity index (χ1n) is 12.7. The van der Waals surface area contributed by atoms with Crippen LogP contribution in [0.15, 0.2) is 61.3 Å². The van der Waals surface area contributed by atoms with Crippen molar-refractivity contribution in [3.8, 4) is 23.0 Å². The van der Waals surface area contributed by atoms with Gasteiger partial charge in [-0.2, -0.15) is 5.10 Å². The van der Waals surface area contributed by atoms with Gasteiger partial charge < -0.3 is 24.4 Å². The normalized spacial score (nSPS) is 17.2. The Labute approximate surface area is 228 Å². The van der Waals surface area contributed by atoms with Crippen LogP contribution in [-0.2, 0) is 0 Å². The van der Waals surface area contributed by atoms with E-state index < -0.39 is 12.0 Å². The number of anilines is 2. The number of fused-ring (bicyclic) bond motifs is 2. The number of alkyl halides is 2. The molecule has 206 valence electrons. The molecule has 0 radical (unpaired) electrons. The Morgan fingerprint density at radius 3 is 2.73 bits per heavy atom. The second-order valence-electron chi connectivity index (χ2n) is 9.74. The summed E-state index contributed by atoms with van der Waals surface area (Å²) in [7, 11) is 3.14. The van der Waals surface area contributed by atoms with E-state index >= 15 is 0 Å². The molecule has 1 atom stereocenters. The molecule has 0 spiro atoms. The van der Waals surface area contributed by atoms with Gasteiger partial charge in [0.05, 0.1) is 43.1 Å². The fourth-order valence-corrected chi connectivity index (χ4v) is 4.80. The van der Waals surface area contributed by atoms with Crippen LogP contribution in [0.2, 0.25) is 0 Å². The van der Waals surface area contributed by atoms with E-state index in [1.165, 1.54) is 13.4 Å². The highest BCUT2D eigenvalue weighted by Gasteiger charge is 2.46. The molecule has 0 amide bonds. The van der Waals surface area contributed by atoms with Gasteiger partial charge in [-0.05, 0) is 49.9 Å². The summed E-state index contributed by atoms with van der Waals surface area (Å²) in [5, 5.41) is 7.93. The lowest BCUT2D eigenvalue weighted by Crippen LogP contribution is -2.52. The molecular formula is C28H27F2N7O3. The Balaban J connectivity index is 1.31. The lowest BCUT2D eigenvalue weighted by atomic mass is 10.0. The number of ether oxygens (including phenoxy) is 3. The molecule has 0 bridgehead atoms. The van der Waals surface area contributed by atoms with Crippen molar-refractivity contribution in [2.24, 2.45) is 0 Å². The molecule has 5 aromatic rings. The molecule has 1 N–H and O–H groups in total. The van der Waals surface area contributed by atoms with Gasteiger partial charge in [0, 0.05) is 24.7 Å². The van der Waals surface area contributed by atoms with Gasteiger partial charge in [0.15, 0.2) is 29.0 Å². The van der Waals surface area contributed by atoms with E-state index in [-0.39, 0.29) is 18.7 Å². The number of nitrogens with zero attached hydrogens (tertiary/aromatic N) is 6. The van der Waals surface area contributed by atoms with E-state index in [2.05, 4.69) is 25.4 Å². The number of halogens is 2. The molecule has 3 aromatic heterocycles. The average Bonchev–Trinajstić information content (AvgIpc) is 3.39. The predicted molar refractivity (Wildman–Crippen MR) is 145 cm³/mol. The standard InChI is InChI=1S/C28H27F2N7O3/c1-17-12-18(4-6-21(17)39-19-13-31-24-8-10-34-37(24)14-19)35-27-25-20(32-16-33-27)5-7-22(38-3)26(25)40-23-9-11-36(2)15-28(23,29)30/h4-8,10,12-14,16,23H,9,11,15H2,1-3H3,(H,32,33,35)/t23-/m1/s1. The number of likely N-dealkylation sites (tertiary alicyclic amines) is 1. The summed E-state index contributed by atoms with van der Waals surface area (Å²) >= 11 is 0. The number of nitrogens with one attached hydrogen (secondary N) is 1. The maximum Gasteiger partial charge on any atom is 0.296 e. The number of methoxy groups -OCH3 is 1. The maximum atomic E-state index is 14.9. The first-order chi connectivity index (χ1) is 19.3. The summed E-state index contributed by atoms with van der Waals surface area (Å²) in [6.45, 7) is 2.03.